The molecule has 2 fully saturated rings. The lowest BCUT2D eigenvalue weighted by molar-refractivity contribution is 0.0131. The molecule has 1 aliphatic carbocycles. The van der Waals surface area contributed by atoms with E-state index in [0.29, 0.717) is 12.6 Å². The van der Waals surface area contributed by atoms with Gasteiger partial charge in [0.2, 0.25) is 0 Å². The van der Waals surface area contributed by atoms with Crippen LogP contribution in [-0.2, 0) is 0 Å². The number of hydrogen-bond acceptors (Lipinski definition) is 3. The maximum Gasteiger partial charge on any atom is 0.191 e. The van der Waals surface area contributed by atoms with Gasteiger partial charge in [0.05, 0.1) is 12.1 Å². The summed E-state index contributed by atoms with van der Waals surface area (Å²) in [5.74, 6) is 0.852. The molecule has 1 saturated heterocycles. The number of nitrogens with zero attached hydrogens (tertiary/aromatic N) is 2. The summed E-state index contributed by atoms with van der Waals surface area (Å²) in [4.78, 5) is 7.16. The number of aliphatic imine (C=N–C) groups is 1. The zero-order chi connectivity index (χ0) is 18.2. The molecule has 1 aromatic carbocycles. The van der Waals surface area contributed by atoms with Crippen LogP contribution >= 0.6 is 0 Å². The Hall–Kier alpha value is -1.75. The van der Waals surface area contributed by atoms with Gasteiger partial charge < -0.3 is 20.6 Å². The van der Waals surface area contributed by atoms with Gasteiger partial charge in [-0.25, -0.2) is 0 Å². The molecule has 3 rings (SSSR count). The van der Waals surface area contributed by atoms with Crippen LogP contribution in [0.4, 0.5) is 5.69 Å². The van der Waals surface area contributed by atoms with E-state index in [2.05, 4.69) is 52.8 Å². The molecule has 5 nitrogen and oxygen atoms in total. The zero-order valence-electron chi connectivity index (χ0n) is 16.1. The van der Waals surface area contributed by atoms with Crippen molar-refractivity contribution >= 4 is 11.6 Å². The first kappa shape index (κ1) is 19.0. The standard InChI is InChI=1S/C21H34N4O/c1-2-22-20(23-17-21(26)13-7-4-8-14-21)24-18-11-15-25(16-12-18)19-9-5-3-6-10-19/h3,5-6,9-10,18,26H,2,4,7-8,11-17H2,1H3,(H2,22,23,24). The molecule has 1 aromatic rings. The van der Waals surface area contributed by atoms with Crippen LogP contribution in [0.15, 0.2) is 35.3 Å². The van der Waals surface area contributed by atoms with Crippen molar-refractivity contribution in [1.82, 2.24) is 10.6 Å². The Morgan fingerprint density at radius 2 is 1.85 bits per heavy atom. The second-order valence-corrected chi connectivity index (χ2v) is 7.72. The SMILES string of the molecule is CCNC(=NCC1(O)CCCCC1)NC1CCN(c2ccccc2)CC1. The van der Waals surface area contributed by atoms with Gasteiger partial charge in [0, 0.05) is 31.4 Å². The van der Waals surface area contributed by atoms with E-state index < -0.39 is 5.60 Å². The second kappa shape index (κ2) is 9.26. The topological polar surface area (TPSA) is 59.9 Å². The van der Waals surface area contributed by atoms with Crippen molar-refractivity contribution < 1.29 is 5.11 Å². The minimum absolute atomic E-state index is 0.439. The molecular weight excluding hydrogens is 324 g/mol. The first-order valence-electron chi connectivity index (χ1n) is 10.3. The van der Waals surface area contributed by atoms with Crippen molar-refractivity contribution in [3.8, 4) is 0 Å². The first-order valence-corrected chi connectivity index (χ1v) is 10.3. The van der Waals surface area contributed by atoms with Crippen LogP contribution in [0.25, 0.3) is 0 Å². The van der Waals surface area contributed by atoms with Crippen molar-refractivity contribution in [1.29, 1.82) is 0 Å². The van der Waals surface area contributed by atoms with Crippen LogP contribution in [0.1, 0.15) is 51.9 Å². The van der Waals surface area contributed by atoms with E-state index in [0.717, 1.165) is 64.1 Å². The molecule has 0 radical (unpaired) electrons. The molecular formula is C21H34N4O. The fourth-order valence-corrected chi connectivity index (χ4v) is 4.03. The molecule has 1 aliphatic heterocycles. The van der Waals surface area contributed by atoms with E-state index >= 15 is 0 Å². The van der Waals surface area contributed by atoms with Crippen LogP contribution in [0.3, 0.4) is 0 Å². The van der Waals surface area contributed by atoms with Gasteiger partial charge in [-0.15, -0.1) is 0 Å². The zero-order valence-corrected chi connectivity index (χ0v) is 16.1. The Kier molecular flexibility index (Phi) is 6.78. The average molecular weight is 359 g/mol. The molecule has 0 unspecified atom stereocenters. The van der Waals surface area contributed by atoms with E-state index in [-0.39, 0.29) is 0 Å². The minimum Gasteiger partial charge on any atom is -0.388 e. The third-order valence-electron chi connectivity index (χ3n) is 5.62. The number of guanidine groups is 1. The number of hydrogen-bond donors (Lipinski definition) is 3. The number of aliphatic hydroxyl groups is 1. The molecule has 5 heteroatoms. The highest BCUT2D eigenvalue weighted by atomic mass is 16.3. The Bertz CT molecular complexity index is 561. The smallest absolute Gasteiger partial charge is 0.191 e. The summed E-state index contributed by atoms with van der Waals surface area (Å²) in [6, 6.07) is 11.1. The van der Waals surface area contributed by atoms with Crippen LogP contribution in [0, 0.1) is 0 Å². The maximum absolute atomic E-state index is 10.7. The number of para-hydroxylation sites is 1. The number of rotatable bonds is 5. The number of piperidine rings is 1. The minimum atomic E-state index is -0.600. The summed E-state index contributed by atoms with van der Waals surface area (Å²) in [5.41, 5.74) is 0.711. The largest absolute Gasteiger partial charge is 0.388 e. The predicted molar refractivity (Wildman–Crippen MR) is 109 cm³/mol. The van der Waals surface area contributed by atoms with E-state index in [1.54, 1.807) is 0 Å². The summed E-state index contributed by atoms with van der Waals surface area (Å²) in [5, 5.41) is 17.6. The Balaban J connectivity index is 1.51. The van der Waals surface area contributed by atoms with Gasteiger partial charge in [0.1, 0.15) is 0 Å². The lowest BCUT2D eigenvalue weighted by Gasteiger charge is -2.35. The lowest BCUT2D eigenvalue weighted by atomic mass is 9.85. The van der Waals surface area contributed by atoms with Crippen LogP contribution in [0.2, 0.25) is 0 Å². The van der Waals surface area contributed by atoms with Gasteiger partial charge in [-0.2, -0.15) is 0 Å². The molecule has 0 amide bonds. The fraction of sp³-hybridized carbons (Fsp3) is 0.667. The highest BCUT2D eigenvalue weighted by Crippen LogP contribution is 2.28. The third kappa shape index (κ3) is 5.37. The van der Waals surface area contributed by atoms with Gasteiger partial charge in [-0.1, -0.05) is 37.5 Å². The summed E-state index contributed by atoms with van der Waals surface area (Å²) < 4.78 is 0. The maximum atomic E-state index is 10.7. The van der Waals surface area contributed by atoms with Crippen LogP contribution in [0.5, 0.6) is 0 Å². The summed E-state index contributed by atoms with van der Waals surface area (Å²) in [6.45, 7) is 5.55. The summed E-state index contributed by atoms with van der Waals surface area (Å²) in [7, 11) is 0. The van der Waals surface area contributed by atoms with Gasteiger partial charge >= 0.3 is 0 Å². The average Bonchev–Trinajstić information content (AvgIpc) is 2.68. The van der Waals surface area contributed by atoms with Crippen molar-refractivity contribution in [2.24, 2.45) is 4.99 Å². The highest BCUT2D eigenvalue weighted by molar-refractivity contribution is 5.80. The molecule has 0 bridgehead atoms. The third-order valence-corrected chi connectivity index (χ3v) is 5.62. The predicted octanol–water partition coefficient (Wildman–Crippen LogP) is 2.91. The highest BCUT2D eigenvalue weighted by Gasteiger charge is 2.29. The second-order valence-electron chi connectivity index (χ2n) is 7.72. The van der Waals surface area contributed by atoms with E-state index in [1.807, 2.05) is 0 Å². The van der Waals surface area contributed by atoms with E-state index in [9.17, 15) is 5.11 Å². The van der Waals surface area contributed by atoms with Gasteiger partial charge in [-0.05, 0) is 44.7 Å². The van der Waals surface area contributed by atoms with Crippen molar-refractivity contribution in [2.75, 3.05) is 31.1 Å². The molecule has 3 N–H and O–H groups in total. The molecule has 144 valence electrons. The van der Waals surface area contributed by atoms with E-state index in [4.69, 9.17) is 4.99 Å². The monoisotopic (exact) mass is 358 g/mol. The molecule has 26 heavy (non-hydrogen) atoms. The first-order chi connectivity index (χ1) is 12.7. The van der Waals surface area contributed by atoms with Crippen molar-refractivity contribution in [2.45, 2.75) is 63.5 Å². The van der Waals surface area contributed by atoms with Crippen LogP contribution < -0.4 is 15.5 Å². The normalized spacial score (nSPS) is 21.5. The summed E-state index contributed by atoms with van der Waals surface area (Å²) in [6.07, 6.45) is 7.44. The lowest BCUT2D eigenvalue weighted by Crippen LogP contribution is -2.49. The van der Waals surface area contributed by atoms with Gasteiger partial charge in [-0.3, -0.25) is 4.99 Å². The number of nitrogens with one attached hydrogen (secondary N) is 2. The Morgan fingerprint density at radius 1 is 1.15 bits per heavy atom. The number of benzene rings is 1. The van der Waals surface area contributed by atoms with Gasteiger partial charge in [0.25, 0.3) is 0 Å². The molecule has 2 aliphatic rings. The van der Waals surface area contributed by atoms with Crippen molar-refractivity contribution in [3.63, 3.8) is 0 Å². The molecule has 0 aromatic heterocycles. The Morgan fingerprint density at radius 3 is 2.50 bits per heavy atom. The summed E-state index contributed by atoms with van der Waals surface area (Å²) >= 11 is 0. The van der Waals surface area contributed by atoms with Crippen LogP contribution in [-0.4, -0.2) is 48.9 Å². The molecule has 1 heterocycles. The molecule has 0 atom stereocenters. The van der Waals surface area contributed by atoms with Gasteiger partial charge in [0.15, 0.2) is 5.96 Å². The fourth-order valence-electron chi connectivity index (χ4n) is 4.03. The van der Waals surface area contributed by atoms with Crippen molar-refractivity contribution in [3.05, 3.63) is 30.3 Å². The molecule has 0 spiro atoms. The quantitative estimate of drug-likeness (QED) is 0.559. The Labute approximate surface area is 157 Å². The van der Waals surface area contributed by atoms with E-state index in [1.165, 1.54) is 12.1 Å². The molecule has 1 saturated carbocycles. The number of anilines is 1.